The van der Waals surface area contributed by atoms with Crippen molar-refractivity contribution in [1.82, 2.24) is 0 Å². The van der Waals surface area contributed by atoms with E-state index in [0.717, 1.165) is 4.47 Å². The summed E-state index contributed by atoms with van der Waals surface area (Å²) in [6.07, 6.45) is 0.614. The summed E-state index contributed by atoms with van der Waals surface area (Å²) in [6, 6.07) is 4.76. The van der Waals surface area contributed by atoms with Gasteiger partial charge >= 0.3 is 5.97 Å². The molecule has 1 aromatic rings. The minimum absolute atomic E-state index is 0.221. The number of hydrogen-bond donors (Lipinski definition) is 0. The first-order valence-electron chi connectivity index (χ1n) is 3.42. The number of halogens is 1. The molecule has 0 aromatic heterocycles. The van der Waals surface area contributed by atoms with Gasteiger partial charge in [0.15, 0.2) is 6.29 Å². The van der Waals surface area contributed by atoms with E-state index < -0.39 is 5.97 Å². The average molecular weight is 242 g/mol. The van der Waals surface area contributed by atoms with E-state index in [2.05, 4.69) is 27.6 Å². The first-order chi connectivity index (χ1) is 6.13. The van der Waals surface area contributed by atoms with Crippen LogP contribution in [-0.4, -0.2) is 12.3 Å². The number of hydrogen-bond acceptors (Lipinski definition) is 3. The highest BCUT2D eigenvalue weighted by molar-refractivity contribution is 9.10. The Bertz CT molecular complexity index is 347. The molecule has 67 valence electrons. The van der Waals surface area contributed by atoms with Crippen molar-refractivity contribution in [2.75, 3.05) is 0 Å². The fourth-order valence-corrected chi connectivity index (χ4v) is 1.21. The lowest BCUT2D eigenvalue weighted by molar-refractivity contribution is -0.129. The first-order valence-corrected chi connectivity index (χ1v) is 4.21. The zero-order valence-electron chi connectivity index (χ0n) is 6.62. The number of esters is 1. The lowest BCUT2D eigenvalue weighted by Crippen LogP contribution is -2.03. The van der Waals surface area contributed by atoms with Crippen molar-refractivity contribution in [3.05, 3.63) is 35.2 Å². The molecule has 13 heavy (non-hydrogen) atoms. The molecule has 0 bridgehead atoms. The van der Waals surface area contributed by atoms with E-state index in [4.69, 9.17) is 0 Å². The second kappa shape index (κ2) is 4.18. The summed E-state index contributed by atoms with van der Waals surface area (Å²) < 4.78 is 5.44. The molecule has 0 fully saturated rings. The average Bonchev–Trinajstić information content (AvgIpc) is 2.07. The van der Waals surface area contributed by atoms with Gasteiger partial charge in [-0.15, -0.1) is 0 Å². The third kappa shape index (κ3) is 2.66. The van der Waals surface area contributed by atoms with Crippen LogP contribution in [0.5, 0.6) is 5.75 Å². The number of benzene rings is 1. The predicted molar refractivity (Wildman–Crippen MR) is 50.5 cm³/mol. The number of ether oxygens (including phenoxy) is 1. The van der Waals surface area contributed by atoms with Crippen LogP contribution in [-0.2, 0) is 4.79 Å². The van der Waals surface area contributed by atoms with Crippen molar-refractivity contribution in [2.45, 2.75) is 0 Å². The van der Waals surface area contributed by atoms with Gasteiger partial charge in [-0.25, -0.2) is 0 Å². The molecule has 0 spiro atoms. The van der Waals surface area contributed by atoms with Gasteiger partial charge in [-0.1, -0.05) is 15.9 Å². The Morgan fingerprint density at radius 1 is 1.54 bits per heavy atom. The normalized spacial score (nSPS) is 9.38. The van der Waals surface area contributed by atoms with E-state index in [0.29, 0.717) is 11.8 Å². The lowest BCUT2D eigenvalue weighted by atomic mass is 10.2. The zero-order valence-corrected chi connectivity index (χ0v) is 8.21. The largest absolute Gasteiger partial charge is 0.426 e. The van der Waals surface area contributed by atoms with Crippen LogP contribution in [0.3, 0.4) is 0 Å². The van der Waals surface area contributed by atoms with E-state index in [1.807, 2.05) is 0 Å². The lowest BCUT2D eigenvalue weighted by Gasteiger charge is -2.03. The van der Waals surface area contributed by atoms with Gasteiger partial charge in [-0.05, 0) is 18.2 Å². The summed E-state index contributed by atoms with van der Waals surface area (Å²) in [5, 5.41) is 0. The molecule has 1 rings (SSSR count). The molecule has 0 heterocycles. The molecule has 0 aliphatic heterocycles. The summed E-state index contributed by atoms with van der Waals surface area (Å²) in [4.78, 5) is 21.0. The molecule has 0 atom stereocenters. The summed E-state index contributed by atoms with van der Waals surface area (Å²) in [7, 11) is 0. The Morgan fingerprint density at radius 3 is 2.77 bits per heavy atom. The van der Waals surface area contributed by atoms with E-state index in [1.165, 1.54) is 6.07 Å². The summed E-state index contributed by atoms with van der Waals surface area (Å²) in [6.45, 7) is 3.04. The van der Waals surface area contributed by atoms with Crippen molar-refractivity contribution in [2.24, 2.45) is 0 Å². The Kier molecular flexibility index (Phi) is 3.19. The van der Waals surface area contributed by atoms with Gasteiger partial charge in [0.1, 0.15) is 5.75 Å². The van der Waals surface area contributed by atoms with Crippen LogP contribution < -0.4 is 4.74 Å². The van der Waals surface area contributed by atoms with Gasteiger partial charge < -0.3 is 4.74 Å². The number of rotatable bonds is 2. The number of carbonyl (C=O) groups excluding carboxylic acids is 2. The molecule has 1 aromatic carbocycles. The van der Waals surface area contributed by atoms with E-state index >= 15 is 0 Å². The maximum atomic E-state index is 10.5. The van der Waals surface area contributed by atoms with Crippen molar-refractivity contribution in [3.8, 4) is 5.75 Å². The third-order valence-corrected chi connectivity index (χ3v) is 1.82. The number of carbonyl (C=O) groups is 2. The Labute approximate surface area is 83.8 Å². The predicted octanol–water partition coefficient (Wildman–Crippen LogP) is 2.00. The SMILES string of the molecule is [CH2]C(=O)Oc1ccc(Br)cc1C=O. The number of aldehydes is 1. The van der Waals surface area contributed by atoms with Crippen LogP contribution in [0.2, 0.25) is 0 Å². The van der Waals surface area contributed by atoms with Crippen LogP contribution >= 0.6 is 15.9 Å². The molecule has 4 heteroatoms. The molecule has 0 amide bonds. The summed E-state index contributed by atoms with van der Waals surface area (Å²) in [5.41, 5.74) is 0.311. The highest BCUT2D eigenvalue weighted by Crippen LogP contribution is 2.21. The maximum absolute atomic E-state index is 10.5. The summed E-state index contributed by atoms with van der Waals surface area (Å²) in [5.74, 6) is -0.469. The van der Waals surface area contributed by atoms with Crippen LogP contribution in [0.15, 0.2) is 22.7 Å². The van der Waals surface area contributed by atoms with Crippen molar-refractivity contribution >= 4 is 28.2 Å². The fourth-order valence-electron chi connectivity index (χ4n) is 0.827. The Balaban J connectivity index is 3.05. The molecule has 0 aliphatic carbocycles. The van der Waals surface area contributed by atoms with E-state index in [9.17, 15) is 9.59 Å². The highest BCUT2D eigenvalue weighted by Gasteiger charge is 2.05. The van der Waals surface area contributed by atoms with Crippen molar-refractivity contribution in [3.63, 3.8) is 0 Å². The zero-order chi connectivity index (χ0) is 9.84. The molecule has 0 N–H and O–H groups in total. The van der Waals surface area contributed by atoms with Gasteiger partial charge in [0, 0.05) is 4.47 Å². The molecular weight excluding hydrogens is 236 g/mol. The molecule has 0 aliphatic rings. The Hall–Kier alpha value is -1.16. The van der Waals surface area contributed by atoms with Crippen molar-refractivity contribution in [1.29, 1.82) is 0 Å². The standard InChI is InChI=1S/C9H6BrO3/c1-6(12)13-9-3-2-8(10)4-7(9)5-11/h2-5H,1H2. The van der Waals surface area contributed by atoms with Crippen LogP contribution in [0.1, 0.15) is 10.4 Å². The second-order valence-electron chi connectivity index (χ2n) is 2.27. The molecule has 1 radical (unpaired) electrons. The van der Waals surface area contributed by atoms with Gasteiger partial charge in [-0.2, -0.15) is 0 Å². The first kappa shape index (κ1) is 9.92. The molecule has 0 saturated carbocycles. The second-order valence-corrected chi connectivity index (χ2v) is 3.19. The van der Waals surface area contributed by atoms with Crippen LogP contribution in [0, 0.1) is 6.92 Å². The maximum Gasteiger partial charge on any atom is 0.311 e. The minimum Gasteiger partial charge on any atom is -0.426 e. The topological polar surface area (TPSA) is 43.4 Å². The third-order valence-electron chi connectivity index (χ3n) is 1.32. The van der Waals surface area contributed by atoms with Crippen LogP contribution in [0.25, 0.3) is 0 Å². The van der Waals surface area contributed by atoms with Gasteiger partial charge in [0.25, 0.3) is 0 Å². The van der Waals surface area contributed by atoms with Crippen molar-refractivity contribution < 1.29 is 14.3 Å². The molecule has 3 nitrogen and oxygen atoms in total. The quantitative estimate of drug-likeness (QED) is 0.452. The Morgan fingerprint density at radius 2 is 2.23 bits per heavy atom. The molecule has 0 saturated heterocycles. The van der Waals surface area contributed by atoms with E-state index in [-0.39, 0.29) is 5.75 Å². The monoisotopic (exact) mass is 241 g/mol. The van der Waals surface area contributed by atoms with Gasteiger partial charge in [0.2, 0.25) is 0 Å². The molecule has 0 unspecified atom stereocenters. The van der Waals surface area contributed by atoms with Gasteiger partial charge in [-0.3, -0.25) is 9.59 Å². The highest BCUT2D eigenvalue weighted by atomic mass is 79.9. The van der Waals surface area contributed by atoms with E-state index in [1.54, 1.807) is 12.1 Å². The smallest absolute Gasteiger partial charge is 0.311 e. The molecular formula is C9H6BrO3. The summed E-state index contributed by atoms with van der Waals surface area (Å²) >= 11 is 3.19. The van der Waals surface area contributed by atoms with Gasteiger partial charge in [0.05, 0.1) is 12.5 Å². The minimum atomic E-state index is -0.689. The fraction of sp³-hybridized carbons (Fsp3) is 0. The van der Waals surface area contributed by atoms with Crippen LogP contribution in [0.4, 0.5) is 0 Å².